The van der Waals surface area contributed by atoms with Crippen molar-refractivity contribution in [2.45, 2.75) is 33.2 Å². The number of ether oxygens (including phenoxy) is 1. The number of nitrogens with two attached hydrogens (primary N) is 1. The van der Waals surface area contributed by atoms with Crippen LogP contribution < -0.4 is 5.73 Å². The Morgan fingerprint density at radius 1 is 1.32 bits per heavy atom. The van der Waals surface area contributed by atoms with Crippen molar-refractivity contribution >= 4 is 17.8 Å². The zero-order valence-corrected chi connectivity index (χ0v) is 11.6. The molecule has 7 heteroatoms. The maximum Gasteiger partial charge on any atom is 0.325 e. The lowest BCUT2D eigenvalue weighted by Crippen LogP contribution is -2.48. The lowest BCUT2D eigenvalue weighted by Gasteiger charge is -2.25. The van der Waals surface area contributed by atoms with Crippen LogP contribution in [0.15, 0.2) is 0 Å². The molecule has 0 heterocycles. The Labute approximate surface area is 112 Å². The van der Waals surface area contributed by atoms with E-state index in [-0.39, 0.29) is 19.1 Å². The van der Waals surface area contributed by atoms with Gasteiger partial charge in [0.2, 0.25) is 5.91 Å². The molecule has 0 aromatic carbocycles. The largest absolute Gasteiger partial charge is 0.481 e. The van der Waals surface area contributed by atoms with E-state index in [0.717, 1.165) is 0 Å². The van der Waals surface area contributed by atoms with Crippen molar-refractivity contribution in [1.29, 1.82) is 0 Å². The number of hydrogen-bond donors (Lipinski definition) is 2. The van der Waals surface area contributed by atoms with Gasteiger partial charge >= 0.3 is 11.9 Å². The lowest BCUT2D eigenvalue weighted by atomic mass is 10.1. The van der Waals surface area contributed by atoms with E-state index in [1.807, 2.05) is 13.8 Å². The third-order valence-corrected chi connectivity index (χ3v) is 2.23. The molecule has 1 atom stereocenters. The fourth-order valence-electron chi connectivity index (χ4n) is 1.55. The third-order valence-electron chi connectivity index (χ3n) is 2.23. The van der Waals surface area contributed by atoms with E-state index in [0.29, 0.717) is 6.54 Å². The van der Waals surface area contributed by atoms with Crippen LogP contribution in [0, 0.1) is 5.92 Å². The standard InChI is InChI=1S/C12H22N2O5/c1-4-19-11(17)7-14(6-8(2)3)12(18)9(13)5-10(15)16/h8-9H,4-7,13H2,1-3H3,(H,15,16). The number of rotatable bonds is 8. The number of esters is 1. The lowest BCUT2D eigenvalue weighted by molar-refractivity contribution is -0.150. The zero-order chi connectivity index (χ0) is 15.0. The second-order valence-corrected chi connectivity index (χ2v) is 4.62. The molecule has 0 fully saturated rings. The Morgan fingerprint density at radius 3 is 2.32 bits per heavy atom. The van der Waals surface area contributed by atoms with E-state index in [4.69, 9.17) is 15.6 Å². The minimum atomic E-state index is -1.15. The van der Waals surface area contributed by atoms with E-state index in [1.54, 1.807) is 6.92 Å². The number of aliphatic carboxylic acids is 1. The summed E-state index contributed by atoms with van der Waals surface area (Å²) in [6.07, 6.45) is -0.462. The minimum absolute atomic E-state index is 0.135. The first-order valence-corrected chi connectivity index (χ1v) is 6.19. The molecule has 0 aliphatic heterocycles. The summed E-state index contributed by atoms with van der Waals surface area (Å²) < 4.78 is 4.77. The van der Waals surface area contributed by atoms with Gasteiger partial charge in [0.25, 0.3) is 0 Å². The van der Waals surface area contributed by atoms with E-state index in [1.165, 1.54) is 4.90 Å². The summed E-state index contributed by atoms with van der Waals surface area (Å²) in [5.74, 6) is -2.10. The van der Waals surface area contributed by atoms with E-state index in [9.17, 15) is 14.4 Å². The second-order valence-electron chi connectivity index (χ2n) is 4.62. The van der Waals surface area contributed by atoms with Crippen LogP contribution in [-0.2, 0) is 19.1 Å². The van der Waals surface area contributed by atoms with Crippen LogP contribution in [0.1, 0.15) is 27.2 Å². The van der Waals surface area contributed by atoms with E-state index < -0.39 is 30.3 Å². The molecule has 0 aromatic rings. The van der Waals surface area contributed by atoms with Crippen LogP contribution in [0.25, 0.3) is 0 Å². The van der Waals surface area contributed by atoms with Crippen LogP contribution in [0.4, 0.5) is 0 Å². The van der Waals surface area contributed by atoms with Crippen LogP contribution in [0.3, 0.4) is 0 Å². The average Bonchev–Trinajstić information content (AvgIpc) is 2.25. The minimum Gasteiger partial charge on any atom is -0.481 e. The highest BCUT2D eigenvalue weighted by molar-refractivity contribution is 5.88. The number of carbonyl (C=O) groups is 3. The molecule has 0 rings (SSSR count). The molecule has 7 nitrogen and oxygen atoms in total. The van der Waals surface area contributed by atoms with Crippen molar-refractivity contribution in [1.82, 2.24) is 4.90 Å². The molecule has 0 saturated carbocycles. The molecular weight excluding hydrogens is 252 g/mol. The first-order chi connectivity index (χ1) is 8.77. The highest BCUT2D eigenvalue weighted by atomic mass is 16.5. The smallest absolute Gasteiger partial charge is 0.325 e. The molecule has 0 aliphatic rings. The fourth-order valence-corrected chi connectivity index (χ4v) is 1.55. The summed E-state index contributed by atoms with van der Waals surface area (Å²) in [6.45, 7) is 5.78. The predicted molar refractivity (Wildman–Crippen MR) is 68.3 cm³/mol. The molecular formula is C12H22N2O5. The summed E-state index contributed by atoms with van der Waals surface area (Å²) >= 11 is 0. The van der Waals surface area contributed by atoms with Gasteiger partial charge in [0, 0.05) is 6.54 Å². The third kappa shape index (κ3) is 7.40. The van der Waals surface area contributed by atoms with Gasteiger partial charge in [-0.2, -0.15) is 0 Å². The summed E-state index contributed by atoms with van der Waals surface area (Å²) in [6, 6.07) is -1.15. The molecule has 0 aromatic heterocycles. The summed E-state index contributed by atoms with van der Waals surface area (Å²) in [5.41, 5.74) is 5.52. The number of carboxylic acid groups (broad SMARTS) is 1. The monoisotopic (exact) mass is 274 g/mol. The van der Waals surface area contributed by atoms with E-state index in [2.05, 4.69) is 0 Å². The number of amides is 1. The number of hydrogen-bond acceptors (Lipinski definition) is 5. The zero-order valence-electron chi connectivity index (χ0n) is 11.6. The Hall–Kier alpha value is -1.63. The molecule has 110 valence electrons. The van der Waals surface area contributed by atoms with Crippen LogP contribution in [0.2, 0.25) is 0 Å². The quantitative estimate of drug-likeness (QED) is 0.595. The molecule has 0 saturated heterocycles. The van der Waals surface area contributed by atoms with Gasteiger partial charge in [0.15, 0.2) is 0 Å². The molecule has 1 unspecified atom stereocenters. The summed E-state index contributed by atoms with van der Waals surface area (Å²) in [7, 11) is 0. The molecule has 1 amide bonds. The van der Waals surface area contributed by atoms with Gasteiger partial charge in [-0.05, 0) is 12.8 Å². The van der Waals surface area contributed by atoms with Crippen molar-refractivity contribution in [2.75, 3.05) is 19.7 Å². The van der Waals surface area contributed by atoms with E-state index >= 15 is 0 Å². The summed E-state index contributed by atoms with van der Waals surface area (Å²) in [4.78, 5) is 35.2. The van der Waals surface area contributed by atoms with Crippen molar-refractivity contribution in [2.24, 2.45) is 11.7 Å². The molecule has 19 heavy (non-hydrogen) atoms. The van der Waals surface area contributed by atoms with Crippen LogP contribution in [-0.4, -0.2) is 53.6 Å². The topological polar surface area (TPSA) is 110 Å². The SMILES string of the molecule is CCOC(=O)CN(CC(C)C)C(=O)C(N)CC(=O)O. The Morgan fingerprint density at radius 2 is 1.89 bits per heavy atom. The number of nitrogens with zero attached hydrogens (tertiary/aromatic N) is 1. The Kier molecular flexibility index (Phi) is 7.74. The highest BCUT2D eigenvalue weighted by Gasteiger charge is 2.25. The molecule has 3 N–H and O–H groups in total. The number of carbonyl (C=O) groups excluding carboxylic acids is 2. The van der Waals surface area contributed by atoms with Crippen LogP contribution in [0.5, 0.6) is 0 Å². The first kappa shape index (κ1) is 17.4. The first-order valence-electron chi connectivity index (χ1n) is 6.19. The van der Waals surface area contributed by atoms with Gasteiger partial charge in [-0.15, -0.1) is 0 Å². The molecule has 0 spiro atoms. The fraction of sp³-hybridized carbons (Fsp3) is 0.750. The normalized spacial score (nSPS) is 12.1. The van der Waals surface area contributed by atoms with Crippen molar-refractivity contribution in [3.63, 3.8) is 0 Å². The van der Waals surface area contributed by atoms with Crippen molar-refractivity contribution in [3.8, 4) is 0 Å². The average molecular weight is 274 g/mol. The number of carboxylic acids is 1. The van der Waals surface area contributed by atoms with Crippen molar-refractivity contribution < 1.29 is 24.2 Å². The van der Waals surface area contributed by atoms with Gasteiger partial charge in [-0.25, -0.2) is 0 Å². The van der Waals surface area contributed by atoms with Gasteiger partial charge in [-0.1, -0.05) is 13.8 Å². The van der Waals surface area contributed by atoms with Gasteiger partial charge in [0.1, 0.15) is 6.54 Å². The Balaban J connectivity index is 4.68. The molecule has 0 bridgehead atoms. The van der Waals surface area contributed by atoms with Gasteiger partial charge in [0.05, 0.1) is 19.1 Å². The molecule has 0 aliphatic carbocycles. The maximum absolute atomic E-state index is 12.0. The van der Waals surface area contributed by atoms with Crippen molar-refractivity contribution in [3.05, 3.63) is 0 Å². The predicted octanol–water partition coefficient (Wildman–Crippen LogP) is -0.164. The highest BCUT2D eigenvalue weighted by Crippen LogP contribution is 2.04. The molecule has 0 radical (unpaired) electrons. The second kappa shape index (κ2) is 8.47. The maximum atomic E-state index is 12.0. The summed E-state index contributed by atoms with van der Waals surface area (Å²) in [5, 5.41) is 8.62. The van der Waals surface area contributed by atoms with Gasteiger partial charge < -0.3 is 20.5 Å². The van der Waals surface area contributed by atoms with Gasteiger partial charge in [-0.3, -0.25) is 14.4 Å². The van der Waals surface area contributed by atoms with Crippen LogP contribution >= 0.6 is 0 Å². The Bertz CT molecular complexity index is 330.